The third kappa shape index (κ3) is 3.51. The molecule has 5 nitrogen and oxygen atoms in total. The molecule has 5 heteroatoms. The molecule has 1 fully saturated rings. The highest BCUT2D eigenvalue weighted by molar-refractivity contribution is 5.87. The standard InChI is InChI=1S/C13H18N2O3/c1-2-18-13(16)12-4-3-11(9-14-12)10-15-5-7-17-8-6-15/h3-4,9H,2,5-8,10H2,1H3. The number of esters is 1. The lowest BCUT2D eigenvalue weighted by Crippen LogP contribution is -2.35. The van der Waals surface area contributed by atoms with E-state index < -0.39 is 0 Å². The summed E-state index contributed by atoms with van der Waals surface area (Å²) in [5, 5.41) is 0. The lowest BCUT2D eigenvalue weighted by atomic mass is 10.2. The molecule has 98 valence electrons. The van der Waals surface area contributed by atoms with Gasteiger partial charge >= 0.3 is 5.97 Å². The fourth-order valence-electron chi connectivity index (χ4n) is 1.86. The third-order valence-electron chi connectivity index (χ3n) is 2.82. The Balaban J connectivity index is 1.92. The first-order valence-electron chi connectivity index (χ1n) is 6.21. The quantitative estimate of drug-likeness (QED) is 0.749. The molecule has 1 aliphatic heterocycles. The van der Waals surface area contributed by atoms with Gasteiger partial charge in [-0.15, -0.1) is 0 Å². The average Bonchev–Trinajstić information content (AvgIpc) is 2.41. The van der Waals surface area contributed by atoms with E-state index in [1.165, 1.54) is 0 Å². The average molecular weight is 250 g/mol. The minimum Gasteiger partial charge on any atom is -0.461 e. The van der Waals surface area contributed by atoms with Crippen LogP contribution in [0.25, 0.3) is 0 Å². The highest BCUT2D eigenvalue weighted by atomic mass is 16.5. The zero-order chi connectivity index (χ0) is 12.8. The zero-order valence-electron chi connectivity index (χ0n) is 10.6. The van der Waals surface area contributed by atoms with Crippen molar-refractivity contribution in [2.75, 3.05) is 32.9 Å². The number of ether oxygens (including phenoxy) is 2. The largest absolute Gasteiger partial charge is 0.461 e. The number of pyridine rings is 1. The van der Waals surface area contributed by atoms with Crippen molar-refractivity contribution < 1.29 is 14.3 Å². The molecule has 0 saturated carbocycles. The van der Waals surface area contributed by atoms with Crippen molar-refractivity contribution >= 4 is 5.97 Å². The van der Waals surface area contributed by atoms with E-state index in [4.69, 9.17) is 9.47 Å². The van der Waals surface area contributed by atoms with Gasteiger partial charge in [0.05, 0.1) is 19.8 Å². The number of hydrogen-bond acceptors (Lipinski definition) is 5. The number of aromatic nitrogens is 1. The van der Waals surface area contributed by atoms with Crippen LogP contribution in [0.3, 0.4) is 0 Å². The summed E-state index contributed by atoms with van der Waals surface area (Å²) in [6, 6.07) is 3.64. The Morgan fingerprint density at radius 3 is 2.83 bits per heavy atom. The van der Waals surface area contributed by atoms with Crippen molar-refractivity contribution in [1.82, 2.24) is 9.88 Å². The van der Waals surface area contributed by atoms with E-state index in [1.807, 2.05) is 6.07 Å². The summed E-state index contributed by atoms with van der Waals surface area (Å²) < 4.78 is 10.2. The number of nitrogens with zero attached hydrogens (tertiary/aromatic N) is 2. The number of carbonyl (C=O) groups is 1. The van der Waals surface area contributed by atoms with E-state index in [0.29, 0.717) is 12.3 Å². The first-order valence-corrected chi connectivity index (χ1v) is 6.21. The van der Waals surface area contributed by atoms with Gasteiger partial charge in [0.1, 0.15) is 5.69 Å². The van der Waals surface area contributed by atoms with Gasteiger partial charge in [-0.3, -0.25) is 4.90 Å². The summed E-state index contributed by atoms with van der Waals surface area (Å²) in [5.41, 5.74) is 1.47. The van der Waals surface area contributed by atoms with Gasteiger partial charge in [0.15, 0.2) is 0 Å². The van der Waals surface area contributed by atoms with Gasteiger partial charge in [-0.1, -0.05) is 6.07 Å². The molecule has 2 heterocycles. The molecule has 1 aromatic rings. The minimum absolute atomic E-state index is 0.363. The Labute approximate surface area is 107 Å². The Morgan fingerprint density at radius 1 is 1.44 bits per heavy atom. The first-order chi connectivity index (χ1) is 8.79. The number of morpholine rings is 1. The maximum absolute atomic E-state index is 11.4. The fraction of sp³-hybridized carbons (Fsp3) is 0.538. The first kappa shape index (κ1) is 13.0. The van der Waals surface area contributed by atoms with Crippen LogP contribution in [0.5, 0.6) is 0 Å². The van der Waals surface area contributed by atoms with Crippen LogP contribution in [0, 0.1) is 0 Å². The van der Waals surface area contributed by atoms with Crippen LogP contribution in [0.1, 0.15) is 23.0 Å². The molecule has 1 aromatic heterocycles. The summed E-state index contributed by atoms with van der Waals surface area (Å²) in [4.78, 5) is 17.9. The van der Waals surface area contributed by atoms with Gasteiger partial charge in [0.25, 0.3) is 0 Å². The van der Waals surface area contributed by atoms with Crippen molar-refractivity contribution in [2.45, 2.75) is 13.5 Å². The van der Waals surface area contributed by atoms with Gasteiger partial charge in [0.2, 0.25) is 0 Å². The van der Waals surface area contributed by atoms with Gasteiger partial charge in [0, 0.05) is 25.8 Å². The van der Waals surface area contributed by atoms with Crippen LogP contribution in [0.2, 0.25) is 0 Å². The molecular weight excluding hydrogens is 232 g/mol. The summed E-state index contributed by atoms with van der Waals surface area (Å²) in [7, 11) is 0. The molecule has 1 saturated heterocycles. The van der Waals surface area contributed by atoms with E-state index in [1.54, 1.807) is 19.2 Å². The van der Waals surface area contributed by atoms with Gasteiger partial charge < -0.3 is 9.47 Å². The topological polar surface area (TPSA) is 51.7 Å². The summed E-state index contributed by atoms with van der Waals surface area (Å²) in [6.45, 7) is 6.46. The molecule has 0 N–H and O–H groups in total. The van der Waals surface area contributed by atoms with Gasteiger partial charge in [-0.2, -0.15) is 0 Å². The molecule has 2 rings (SSSR count). The van der Waals surface area contributed by atoms with Crippen LogP contribution in [0.15, 0.2) is 18.3 Å². The van der Waals surface area contributed by atoms with Crippen molar-refractivity contribution in [2.24, 2.45) is 0 Å². The number of carbonyl (C=O) groups excluding carboxylic acids is 1. The monoisotopic (exact) mass is 250 g/mol. The Hall–Kier alpha value is -1.46. The second-order valence-corrected chi connectivity index (χ2v) is 4.16. The Kier molecular flexibility index (Phi) is 4.66. The molecule has 0 unspecified atom stereocenters. The predicted octanol–water partition coefficient (Wildman–Crippen LogP) is 1.09. The summed E-state index contributed by atoms with van der Waals surface area (Å²) in [6.07, 6.45) is 1.74. The highest BCUT2D eigenvalue weighted by Crippen LogP contribution is 2.07. The highest BCUT2D eigenvalue weighted by Gasteiger charge is 2.12. The van der Waals surface area contributed by atoms with E-state index in [-0.39, 0.29) is 5.97 Å². The van der Waals surface area contributed by atoms with Crippen LogP contribution in [-0.2, 0) is 16.0 Å². The summed E-state index contributed by atoms with van der Waals surface area (Å²) >= 11 is 0. The van der Waals surface area contributed by atoms with Crippen molar-refractivity contribution in [3.05, 3.63) is 29.6 Å². The summed E-state index contributed by atoms with van der Waals surface area (Å²) in [5.74, 6) is -0.365. The number of hydrogen-bond donors (Lipinski definition) is 0. The van der Waals surface area contributed by atoms with Crippen LogP contribution < -0.4 is 0 Å². The lowest BCUT2D eigenvalue weighted by molar-refractivity contribution is 0.0341. The van der Waals surface area contributed by atoms with E-state index >= 15 is 0 Å². The Bertz CT molecular complexity index is 386. The van der Waals surface area contributed by atoms with Crippen LogP contribution in [0.4, 0.5) is 0 Å². The second kappa shape index (κ2) is 6.47. The fourth-order valence-corrected chi connectivity index (χ4v) is 1.86. The molecule has 0 bridgehead atoms. The smallest absolute Gasteiger partial charge is 0.356 e. The second-order valence-electron chi connectivity index (χ2n) is 4.16. The maximum atomic E-state index is 11.4. The van der Waals surface area contributed by atoms with Crippen molar-refractivity contribution in [1.29, 1.82) is 0 Å². The third-order valence-corrected chi connectivity index (χ3v) is 2.82. The molecule has 0 amide bonds. The van der Waals surface area contributed by atoms with Gasteiger partial charge in [-0.25, -0.2) is 9.78 Å². The zero-order valence-corrected chi connectivity index (χ0v) is 10.6. The van der Waals surface area contributed by atoms with E-state index in [0.717, 1.165) is 38.4 Å². The van der Waals surface area contributed by atoms with Crippen LogP contribution in [-0.4, -0.2) is 48.8 Å². The van der Waals surface area contributed by atoms with E-state index in [9.17, 15) is 4.79 Å². The molecule has 0 aliphatic carbocycles. The number of rotatable bonds is 4. The molecule has 1 aliphatic rings. The molecule has 18 heavy (non-hydrogen) atoms. The lowest BCUT2D eigenvalue weighted by Gasteiger charge is -2.26. The molecule has 0 spiro atoms. The predicted molar refractivity (Wildman–Crippen MR) is 66.3 cm³/mol. The van der Waals surface area contributed by atoms with Crippen molar-refractivity contribution in [3.8, 4) is 0 Å². The van der Waals surface area contributed by atoms with Crippen LogP contribution >= 0.6 is 0 Å². The normalized spacial score (nSPS) is 16.5. The maximum Gasteiger partial charge on any atom is 0.356 e. The molecule has 0 radical (unpaired) electrons. The van der Waals surface area contributed by atoms with Gasteiger partial charge in [-0.05, 0) is 18.6 Å². The molecular formula is C13H18N2O3. The van der Waals surface area contributed by atoms with Crippen molar-refractivity contribution in [3.63, 3.8) is 0 Å². The molecule has 0 aromatic carbocycles. The Morgan fingerprint density at radius 2 is 2.22 bits per heavy atom. The minimum atomic E-state index is -0.365. The van der Waals surface area contributed by atoms with E-state index in [2.05, 4.69) is 9.88 Å². The molecule has 0 atom stereocenters. The SMILES string of the molecule is CCOC(=O)c1ccc(CN2CCOCC2)cn1.